The van der Waals surface area contributed by atoms with E-state index in [0.717, 1.165) is 23.3 Å². The molecule has 0 radical (unpaired) electrons. The first-order valence-electron chi connectivity index (χ1n) is 11.3. The van der Waals surface area contributed by atoms with Crippen LogP contribution in [0, 0.1) is 5.92 Å². The number of benzene rings is 3. The summed E-state index contributed by atoms with van der Waals surface area (Å²) in [6, 6.07) is 20.5. The fourth-order valence-corrected chi connectivity index (χ4v) is 3.79. The molecule has 34 heavy (non-hydrogen) atoms. The van der Waals surface area contributed by atoms with Crippen LogP contribution < -0.4 is 24.3 Å². The molecular formula is C28H33NO5. The van der Waals surface area contributed by atoms with Gasteiger partial charge < -0.3 is 24.3 Å². The van der Waals surface area contributed by atoms with Crippen LogP contribution in [0.1, 0.15) is 47.8 Å². The first-order chi connectivity index (χ1) is 16.4. The Kier molecular flexibility index (Phi) is 8.79. The molecule has 0 spiro atoms. The van der Waals surface area contributed by atoms with Gasteiger partial charge in [-0.15, -0.1) is 0 Å². The first kappa shape index (κ1) is 25.0. The van der Waals surface area contributed by atoms with Crippen LogP contribution in [-0.4, -0.2) is 27.2 Å². The van der Waals surface area contributed by atoms with Crippen molar-refractivity contribution >= 4 is 5.91 Å². The van der Waals surface area contributed by atoms with E-state index < -0.39 is 0 Å². The van der Waals surface area contributed by atoms with E-state index in [9.17, 15) is 4.79 Å². The third-order valence-electron chi connectivity index (χ3n) is 5.46. The highest BCUT2D eigenvalue weighted by Crippen LogP contribution is 2.39. The lowest BCUT2D eigenvalue weighted by atomic mass is 9.95. The Morgan fingerprint density at radius 2 is 1.50 bits per heavy atom. The molecule has 6 heteroatoms. The van der Waals surface area contributed by atoms with Crippen molar-refractivity contribution in [1.29, 1.82) is 0 Å². The van der Waals surface area contributed by atoms with Gasteiger partial charge in [0.15, 0.2) is 11.5 Å². The number of rotatable bonds is 11. The summed E-state index contributed by atoms with van der Waals surface area (Å²) >= 11 is 0. The molecule has 3 rings (SSSR count). The maximum atomic E-state index is 13.3. The molecule has 3 aromatic rings. The number of amides is 1. The molecule has 0 aliphatic carbocycles. The molecule has 180 valence electrons. The Morgan fingerprint density at radius 3 is 2.15 bits per heavy atom. The third kappa shape index (κ3) is 6.44. The molecule has 0 saturated heterocycles. The van der Waals surface area contributed by atoms with Crippen molar-refractivity contribution in [2.45, 2.75) is 32.9 Å². The Morgan fingerprint density at radius 1 is 0.824 bits per heavy atom. The van der Waals surface area contributed by atoms with Gasteiger partial charge in [-0.25, -0.2) is 0 Å². The van der Waals surface area contributed by atoms with E-state index in [2.05, 4.69) is 19.2 Å². The molecule has 0 saturated carbocycles. The standard InChI is InChI=1S/C28H33NO5/c1-19(2)14-24(23-16-26(32-4)27(33-5)17-25(23)31-3)29-28(30)21-11-9-10-20(15-21)18-34-22-12-7-6-8-13-22/h6-13,15-17,19,24H,14,18H2,1-5H3,(H,29,30). The minimum absolute atomic E-state index is 0.163. The second kappa shape index (κ2) is 12.0. The number of hydrogen-bond donors (Lipinski definition) is 1. The summed E-state index contributed by atoms with van der Waals surface area (Å²) < 4.78 is 22.4. The number of ether oxygens (including phenoxy) is 4. The number of carbonyl (C=O) groups is 1. The molecule has 0 aliphatic rings. The van der Waals surface area contributed by atoms with E-state index in [1.165, 1.54) is 0 Å². The van der Waals surface area contributed by atoms with Gasteiger partial charge in [-0.1, -0.05) is 44.2 Å². The summed E-state index contributed by atoms with van der Waals surface area (Å²) in [6.45, 7) is 4.62. The predicted molar refractivity (Wildman–Crippen MR) is 133 cm³/mol. The number of carbonyl (C=O) groups excluding carboxylic acids is 1. The molecule has 0 fully saturated rings. The minimum Gasteiger partial charge on any atom is -0.496 e. The summed E-state index contributed by atoms with van der Waals surface area (Å²) in [4.78, 5) is 13.3. The second-order valence-electron chi connectivity index (χ2n) is 8.41. The maximum absolute atomic E-state index is 13.3. The number of nitrogens with one attached hydrogen (secondary N) is 1. The van der Waals surface area contributed by atoms with Crippen molar-refractivity contribution in [3.63, 3.8) is 0 Å². The van der Waals surface area contributed by atoms with E-state index in [1.807, 2.05) is 54.6 Å². The zero-order valence-electron chi connectivity index (χ0n) is 20.5. The summed E-state index contributed by atoms with van der Waals surface area (Å²) in [5.74, 6) is 2.76. The average molecular weight is 464 g/mol. The molecule has 0 aliphatic heterocycles. The molecule has 1 atom stereocenters. The van der Waals surface area contributed by atoms with Gasteiger partial charge >= 0.3 is 0 Å². The zero-order chi connectivity index (χ0) is 24.5. The van der Waals surface area contributed by atoms with Gasteiger partial charge in [-0.3, -0.25) is 4.79 Å². The molecule has 1 unspecified atom stereocenters. The van der Waals surface area contributed by atoms with Gasteiger partial charge in [0.05, 0.1) is 27.4 Å². The Balaban J connectivity index is 1.82. The van der Waals surface area contributed by atoms with Crippen LogP contribution in [0.5, 0.6) is 23.0 Å². The van der Waals surface area contributed by atoms with Crippen LogP contribution in [0.15, 0.2) is 66.7 Å². The van der Waals surface area contributed by atoms with Crippen molar-refractivity contribution in [2.75, 3.05) is 21.3 Å². The lowest BCUT2D eigenvalue weighted by Gasteiger charge is -2.24. The highest BCUT2D eigenvalue weighted by atomic mass is 16.5. The quantitative estimate of drug-likeness (QED) is 0.389. The highest BCUT2D eigenvalue weighted by Gasteiger charge is 2.23. The van der Waals surface area contributed by atoms with E-state index in [0.29, 0.717) is 35.3 Å². The van der Waals surface area contributed by atoms with Crippen LogP contribution in [0.2, 0.25) is 0 Å². The number of hydrogen-bond acceptors (Lipinski definition) is 5. The predicted octanol–water partition coefficient (Wildman–Crippen LogP) is 5.81. The topological polar surface area (TPSA) is 66.0 Å². The fourth-order valence-electron chi connectivity index (χ4n) is 3.79. The van der Waals surface area contributed by atoms with Crippen LogP contribution in [-0.2, 0) is 6.61 Å². The van der Waals surface area contributed by atoms with Crippen molar-refractivity contribution in [2.24, 2.45) is 5.92 Å². The van der Waals surface area contributed by atoms with Gasteiger partial charge in [0.25, 0.3) is 5.91 Å². The van der Waals surface area contributed by atoms with E-state index in [-0.39, 0.29) is 11.9 Å². The van der Waals surface area contributed by atoms with Gasteiger partial charge in [0.1, 0.15) is 18.1 Å². The summed E-state index contributed by atoms with van der Waals surface area (Å²) in [5.41, 5.74) is 2.33. The maximum Gasteiger partial charge on any atom is 0.251 e. The molecule has 0 bridgehead atoms. The molecule has 1 amide bonds. The zero-order valence-corrected chi connectivity index (χ0v) is 20.5. The highest BCUT2D eigenvalue weighted by molar-refractivity contribution is 5.94. The Hall–Kier alpha value is -3.67. The van der Waals surface area contributed by atoms with E-state index in [1.54, 1.807) is 33.5 Å². The van der Waals surface area contributed by atoms with Crippen molar-refractivity contribution in [3.05, 3.63) is 83.4 Å². The average Bonchev–Trinajstić information content (AvgIpc) is 2.86. The van der Waals surface area contributed by atoms with Crippen LogP contribution >= 0.6 is 0 Å². The summed E-state index contributed by atoms with van der Waals surface area (Å²) in [5, 5.41) is 3.19. The minimum atomic E-state index is -0.272. The van der Waals surface area contributed by atoms with Gasteiger partial charge in [0.2, 0.25) is 0 Å². The fraction of sp³-hybridized carbons (Fsp3) is 0.321. The second-order valence-corrected chi connectivity index (χ2v) is 8.41. The van der Waals surface area contributed by atoms with Crippen LogP contribution in [0.3, 0.4) is 0 Å². The Labute approximate surface area is 201 Å². The molecule has 0 aromatic heterocycles. The van der Waals surface area contributed by atoms with Crippen molar-refractivity contribution in [1.82, 2.24) is 5.32 Å². The van der Waals surface area contributed by atoms with E-state index >= 15 is 0 Å². The van der Waals surface area contributed by atoms with Gasteiger partial charge in [-0.2, -0.15) is 0 Å². The Bertz CT molecular complexity index is 1080. The normalized spacial score (nSPS) is 11.6. The van der Waals surface area contributed by atoms with Crippen molar-refractivity contribution in [3.8, 4) is 23.0 Å². The molecule has 3 aromatic carbocycles. The summed E-state index contributed by atoms with van der Waals surface area (Å²) in [6.07, 6.45) is 0.731. The molecule has 0 heterocycles. The number of methoxy groups -OCH3 is 3. The first-order valence-corrected chi connectivity index (χ1v) is 11.3. The van der Waals surface area contributed by atoms with Crippen LogP contribution in [0.25, 0.3) is 0 Å². The third-order valence-corrected chi connectivity index (χ3v) is 5.46. The lowest BCUT2D eigenvalue weighted by molar-refractivity contribution is 0.0931. The van der Waals surface area contributed by atoms with Crippen molar-refractivity contribution < 1.29 is 23.7 Å². The lowest BCUT2D eigenvalue weighted by Crippen LogP contribution is -2.30. The smallest absolute Gasteiger partial charge is 0.251 e. The largest absolute Gasteiger partial charge is 0.496 e. The number of para-hydroxylation sites is 1. The van der Waals surface area contributed by atoms with Gasteiger partial charge in [0, 0.05) is 17.2 Å². The molecule has 1 N–H and O–H groups in total. The molecule has 6 nitrogen and oxygen atoms in total. The van der Waals surface area contributed by atoms with E-state index in [4.69, 9.17) is 18.9 Å². The SMILES string of the molecule is COc1cc(OC)c(C(CC(C)C)NC(=O)c2cccc(COc3ccccc3)c2)cc1OC. The summed E-state index contributed by atoms with van der Waals surface area (Å²) in [7, 11) is 4.78. The van der Waals surface area contributed by atoms with Gasteiger partial charge in [-0.05, 0) is 48.2 Å². The monoisotopic (exact) mass is 463 g/mol. The van der Waals surface area contributed by atoms with Crippen LogP contribution in [0.4, 0.5) is 0 Å². The molecular weight excluding hydrogens is 430 g/mol.